The van der Waals surface area contributed by atoms with Crippen molar-refractivity contribution in [1.29, 1.82) is 21.0 Å². The van der Waals surface area contributed by atoms with Crippen molar-refractivity contribution < 1.29 is 17.9 Å². The van der Waals surface area contributed by atoms with Crippen molar-refractivity contribution in [2.75, 3.05) is 4.90 Å². The van der Waals surface area contributed by atoms with Crippen LogP contribution in [0.5, 0.6) is 0 Å². The Kier molecular flexibility index (Phi) is 11.8. The third kappa shape index (κ3) is 8.39. The maximum absolute atomic E-state index is 15.2. The molecule has 0 aliphatic carbocycles. The fourth-order valence-electron chi connectivity index (χ4n) is 6.90. The number of allylic oxidation sites excluding steroid dienone is 3. The predicted octanol–water partition coefficient (Wildman–Crippen LogP) is 13.5. The highest BCUT2D eigenvalue weighted by atomic mass is 32.1. The molecule has 1 aliphatic heterocycles. The standard InChI is InChI=1S/C50H40F3N5OS/c1-47(2,3)36-14-20-40(21-15-36)58(41-22-16-37(17-23-41)48(4,5)6)39-18-12-33(13-19-39)28-34(29-54)45-27-25-42(60-45)24-26-44-43(32-57)46(35(30-55)31-56)59-49(44,50(51,52)53)38-10-8-7-9-11-38/h7-28H,1-6H3/b26-24+,34-28+. The first-order chi connectivity index (χ1) is 28.4. The van der Waals surface area contributed by atoms with Crippen molar-refractivity contribution in [2.24, 2.45) is 0 Å². The van der Waals surface area contributed by atoms with Crippen LogP contribution < -0.4 is 4.90 Å². The quantitative estimate of drug-likeness (QED) is 0.144. The van der Waals surface area contributed by atoms with Crippen molar-refractivity contribution >= 4 is 46.1 Å². The Labute approximate surface area is 353 Å². The molecule has 1 unspecified atom stereocenters. The van der Waals surface area contributed by atoms with Crippen LogP contribution in [0.2, 0.25) is 0 Å². The van der Waals surface area contributed by atoms with Crippen LogP contribution in [0.4, 0.5) is 30.2 Å². The van der Waals surface area contributed by atoms with Gasteiger partial charge in [0, 0.05) is 38.0 Å². The van der Waals surface area contributed by atoms with E-state index < -0.39 is 34.3 Å². The zero-order valence-electron chi connectivity index (χ0n) is 33.9. The van der Waals surface area contributed by atoms with Gasteiger partial charge >= 0.3 is 6.18 Å². The summed E-state index contributed by atoms with van der Waals surface area (Å²) in [4.78, 5) is 3.24. The number of hydrogen-bond acceptors (Lipinski definition) is 7. The molecule has 1 aromatic heterocycles. The Morgan fingerprint density at radius 1 is 0.650 bits per heavy atom. The van der Waals surface area contributed by atoms with Gasteiger partial charge < -0.3 is 9.64 Å². The molecule has 0 radical (unpaired) electrons. The highest BCUT2D eigenvalue weighted by molar-refractivity contribution is 7.14. The highest BCUT2D eigenvalue weighted by Gasteiger charge is 2.65. The molecule has 5 aromatic rings. The fourth-order valence-corrected chi connectivity index (χ4v) is 7.78. The Bertz CT molecular complexity index is 2630. The summed E-state index contributed by atoms with van der Waals surface area (Å²) >= 11 is 1.17. The molecular formula is C50H40F3N5OS. The van der Waals surface area contributed by atoms with E-state index in [0.717, 1.165) is 28.7 Å². The molecule has 2 heterocycles. The van der Waals surface area contributed by atoms with Crippen LogP contribution in [0.25, 0.3) is 17.7 Å². The van der Waals surface area contributed by atoms with E-state index in [4.69, 9.17) is 4.74 Å². The van der Waals surface area contributed by atoms with Crippen LogP contribution in [0.1, 0.15) is 73.6 Å². The number of halogens is 3. The third-order valence-electron chi connectivity index (χ3n) is 10.1. The number of nitriles is 4. The fraction of sp³-hybridized carbons (Fsp3) is 0.200. The lowest BCUT2D eigenvalue weighted by atomic mass is 9.84. The van der Waals surface area contributed by atoms with Gasteiger partial charge in [0.05, 0.1) is 5.57 Å². The number of hydrogen-bond donors (Lipinski definition) is 0. The molecule has 0 saturated carbocycles. The van der Waals surface area contributed by atoms with E-state index in [2.05, 4.69) is 101 Å². The summed E-state index contributed by atoms with van der Waals surface area (Å²) in [6.45, 7) is 13.1. The molecule has 0 N–H and O–H groups in total. The Morgan fingerprint density at radius 2 is 1.17 bits per heavy atom. The summed E-state index contributed by atoms with van der Waals surface area (Å²) in [6.07, 6.45) is -0.833. The van der Waals surface area contributed by atoms with Crippen LogP contribution in [0, 0.1) is 45.3 Å². The molecule has 1 atom stereocenters. The van der Waals surface area contributed by atoms with Crippen molar-refractivity contribution in [3.63, 3.8) is 0 Å². The van der Waals surface area contributed by atoms with Gasteiger partial charge in [0.25, 0.3) is 5.60 Å². The van der Waals surface area contributed by atoms with Crippen LogP contribution in [0.15, 0.2) is 144 Å². The van der Waals surface area contributed by atoms with Gasteiger partial charge in [-0.15, -0.1) is 11.3 Å². The lowest BCUT2D eigenvalue weighted by molar-refractivity contribution is -0.249. The first-order valence-electron chi connectivity index (χ1n) is 19.0. The zero-order valence-corrected chi connectivity index (χ0v) is 34.7. The van der Waals surface area contributed by atoms with Gasteiger partial charge in [0.1, 0.15) is 29.8 Å². The second-order valence-electron chi connectivity index (χ2n) is 16.2. The topological polar surface area (TPSA) is 108 Å². The van der Waals surface area contributed by atoms with E-state index in [0.29, 0.717) is 15.3 Å². The van der Waals surface area contributed by atoms with Crippen molar-refractivity contribution in [3.05, 3.63) is 176 Å². The highest BCUT2D eigenvalue weighted by Crippen LogP contribution is 2.56. The number of ether oxygens (including phenoxy) is 1. The number of rotatable bonds is 8. The minimum Gasteiger partial charge on any atom is -0.465 e. The summed E-state index contributed by atoms with van der Waals surface area (Å²) in [5.74, 6) is -0.740. The van der Waals surface area contributed by atoms with E-state index in [9.17, 15) is 21.0 Å². The van der Waals surface area contributed by atoms with Gasteiger partial charge in [-0.25, -0.2) is 0 Å². The molecule has 1 aliphatic rings. The number of benzene rings is 4. The summed E-state index contributed by atoms with van der Waals surface area (Å²) in [5.41, 5.74) is 1.04. The first kappa shape index (κ1) is 42.5. The predicted molar refractivity (Wildman–Crippen MR) is 232 cm³/mol. The minimum absolute atomic E-state index is 0.00211. The molecule has 6 nitrogen and oxygen atoms in total. The van der Waals surface area contributed by atoms with Gasteiger partial charge in [-0.3, -0.25) is 0 Å². The average molecular weight is 816 g/mol. The van der Waals surface area contributed by atoms with Crippen LogP contribution in [-0.2, 0) is 21.2 Å². The van der Waals surface area contributed by atoms with Gasteiger partial charge in [0.15, 0.2) is 11.3 Å². The average Bonchev–Trinajstić information content (AvgIpc) is 3.83. The smallest absolute Gasteiger partial charge is 0.437 e. The summed E-state index contributed by atoms with van der Waals surface area (Å²) in [5, 5.41) is 39.4. The number of anilines is 3. The molecule has 0 saturated heterocycles. The van der Waals surface area contributed by atoms with Crippen molar-refractivity contribution in [3.8, 4) is 24.3 Å². The van der Waals surface area contributed by atoms with E-state index in [1.165, 1.54) is 58.9 Å². The monoisotopic (exact) mass is 815 g/mol. The Balaban J connectivity index is 1.34. The second-order valence-corrected chi connectivity index (χ2v) is 17.3. The van der Waals surface area contributed by atoms with Crippen LogP contribution in [0.3, 0.4) is 0 Å². The Hall–Kier alpha value is -7.11. The molecule has 10 heteroatoms. The molecule has 0 spiro atoms. The molecule has 6 rings (SSSR count). The second kappa shape index (κ2) is 16.6. The molecule has 4 aromatic carbocycles. The van der Waals surface area contributed by atoms with E-state index >= 15 is 13.2 Å². The summed E-state index contributed by atoms with van der Waals surface area (Å²) in [6, 6.07) is 42.2. The van der Waals surface area contributed by atoms with Crippen LogP contribution >= 0.6 is 11.3 Å². The number of nitrogens with zero attached hydrogens (tertiary/aromatic N) is 5. The van der Waals surface area contributed by atoms with Gasteiger partial charge in [-0.1, -0.05) is 114 Å². The van der Waals surface area contributed by atoms with E-state index in [-0.39, 0.29) is 16.4 Å². The lowest BCUT2D eigenvalue weighted by Crippen LogP contribution is -2.43. The largest absolute Gasteiger partial charge is 0.465 e. The van der Waals surface area contributed by atoms with Gasteiger partial charge in [-0.2, -0.15) is 34.2 Å². The minimum atomic E-state index is -5.11. The maximum Gasteiger partial charge on any atom is 0.437 e. The molecular weight excluding hydrogens is 776 g/mol. The van der Waals surface area contributed by atoms with Gasteiger partial charge in [-0.05, 0) is 88.2 Å². The van der Waals surface area contributed by atoms with E-state index in [1.807, 2.05) is 24.3 Å². The maximum atomic E-state index is 15.2. The number of thiophene rings is 1. The van der Waals surface area contributed by atoms with Gasteiger partial charge in [0.2, 0.25) is 0 Å². The molecule has 298 valence electrons. The molecule has 0 bridgehead atoms. The summed E-state index contributed by atoms with van der Waals surface area (Å²) in [7, 11) is 0. The van der Waals surface area contributed by atoms with Crippen molar-refractivity contribution in [1.82, 2.24) is 0 Å². The zero-order chi connectivity index (χ0) is 43.5. The van der Waals surface area contributed by atoms with Crippen LogP contribution in [-0.4, -0.2) is 6.18 Å². The third-order valence-corrected chi connectivity index (χ3v) is 11.2. The molecule has 0 amide bonds. The molecule has 0 fully saturated rings. The van der Waals surface area contributed by atoms with Crippen molar-refractivity contribution in [2.45, 2.75) is 64.1 Å². The first-order valence-corrected chi connectivity index (χ1v) is 19.8. The van der Waals surface area contributed by atoms with E-state index in [1.54, 1.807) is 36.4 Å². The molecule has 60 heavy (non-hydrogen) atoms. The number of alkyl halides is 3. The lowest BCUT2D eigenvalue weighted by Gasteiger charge is -2.33. The SMILES string of the molecule is CC(C)(C)c1ccc(N(c2ccc(/C=C(\C#N)c3ccc(/C=C/C4=C(C#N)C(=C(C#N)C#N)OC4(c4ccccc4)C(F)(F)F)s3)cc2)c2ccc(C(C)(C)C)cc2)cc1. The Morgan fingerprint density at radius 3 is 1.62 bits per heavy atom. The normalized spacial score (nSPS) is 15.8. The summed E-state index contributed by atoms with van der Waals surface area (Å²) < 4.78 is 51.1.